The second kappa shape index (κ2) is 13.9. The van der Waals surface area contributed by atoms with E-state index in [2.05, 4.69) is 20.7 Å². The Bertz CT molecular complexity index is 1290. The number of morpholine rings is 1. The van der Waals surface area contributed by atoms with Crippen LogP contribution in [0.4, 0.5) is 8.78 Å². The van der Waals surface area contributed by atoms with E-state index in [1.165, 1.54) is 31.2 Å². The number of carbonyl (C=O) groups is 4. The van der Waals surface area contributed by atoms with Crippen molar-refractivity contribution in [1.29, 1.82) is 0 Å². The quantitative estimate of drug-likeness (QED) is 0.164. The molecule has 3 aliphatic heterocycles. The number of nitrogens with zero attached hydrogens (tertiary/aromatic N) is 1. The minimum atomic E-state index is -3.05. The summed E-state index contributed by atoms with van der Waals surface area (Å²) in [6.45, 7) is 1.46. The lowest BCUT2D eigenvalue weighted by molar-refractivity contribution is -0.146. The number of aliphatic hydroxyl groups excluding tert-OH is 1. The van der Waals surface area contributed by atoms with E-state index in [1.807, 2.05) is 11.0 Å². The van der Waals surface area contributed by atoms with Gasteiger partial charge in [0.2, 0.25) is 17.7 Å². The molecule has 0 saturated carbocycles. The number of benzene rings is 1. The van der Waals surface area contributed by atoms with Gasteiger partial charge in [0, 0.05) is 12.1 Å². The van der Waals surface area contributed by atoms with Crippen molar-refractivity contribution in [1.82, 2.24) is 20.9 Å². The monoisotopic (exact) mass is 634 g/mol. The van der Waals surface area contributed by atoms with Crippen LogP contribution in [0.3, 0.4) is 0 Å². The van der Waals surface area contributed by atoms with Crippen LogP contribution in [-0.2, 0) is 28.7 Å². The highest BCUT2D eigenvalue weighted by atomic mass is 19.3. The van der Waals surface area contributed by atoms with Gasteiger partial charge in [0.15, 0.2) is 5.78 Å². The maximum absolute atomic E-state index is 13.8. The second-order valence-electron chi connectivity index (χ2n) is 12.3. The molecule has 14 heteroatoms. The maximum Gasteiger partial charge on any atom is 0.387 e. The van der Waals surface area contributed by atoms with Gasteiger partial charge < -0.3 is 35.3 Å². The first-order valence-corrected chi connectivity index (χ1v) is 15.3. The number of hydrogen-bond donors (Lipinski definition) is 4. The fourth-order valence-electron chi connectivity index (χ4n) is 6.07. The van der Waals surface area contributed by atoms with Crippen LogP contribution in [0.1, 0.15) is 57.6 Å². The molecule has 1 aliphatic carbocycles. The molecular weight excluding hydrogens is 594 g/mol. The molecule has 246 valence electrons. The van der Waals surface area contributed by atoms with Gasteiger partial charge >= 0.3 is 6.61 Å². The molecule has 5 rings (SSSR count). The number of fused-ring (bicyclic) bond motifs is 2. The van der Waals surface area contributed by atoms with Gasteiger partial charge in [0.05, 0.1) is 32.4 Å². The van der Waals surface area contributed by atoms with Crippen molar-refractivity contribution in [2.24, 2.45) is 0 Å². The van der Waals surface area contributed by atoms with Crippen LogP contribution in [-0.4, -0.2) is 102 Å². The van der Waals surface area contributed by atoms with E-state index in [0.717, 1.165) is 31.3 Å². The summed E-state index contributed by atoms with van der Waals surface area (Å²) in [4.78, 5) is 55.1. The van der Waals surface area contributed by atoms with E-state index in [9.17, 15) is 33.1 Å². The smallest absolute Gasteiger partial charge is 0.387 e. The standard InChI is InChI=1S/C31H40F2N4O8/c1-17(34-24(38)13-37-20-12-21(37)15-43-14-20)28(41)36-25(26(39)19-7-9-22(10-8-19)45-30(32)33)29(42)35-23(11-18-5-3-4-6-18)27(40)31(2)16-44-31/h5,7-10,17,20-21,23,25-26,30,39H,3-4,6,11-16H2,1-2H3,(H,34,38)(H,35,42)(H,36,41)/t17-,20?,21?,23-,25-,26+,31+/m0/s1. The summed E-state index contributed by atoms with van der Waals surface area (Å²) in [5.41, 5.74) is 0.108. The van der Waals surface area contributed by atoms with Gasteiger partial charge in [-0.3, -0.25) is 24.1 Å². The van der Waals surface area contributed by atoms with Crippen molar-refractivity contribution in [3.63, 3.8) is 0 Å². The predicted molar refractivity (Wildman–Crippen MR) is 155 cm³/mol. The molecule has 12 nitrogen and oxygen atoms in total. The van der Waals surface area contributed by atoms with Crippen LogP contribution in [0.15, 0.2) is 35.9 Å². The molecule has 3 heterocycles. The van der Waals surface area contributed by atoms with Crippen molar-refractivity contribution >= 4 is 23.5 Å². The van der Waals surface area contributed by atoms with E-state index in [4.69, 9.17) is 9.47 Å². The van der Waals surface area contributed by atoms with Crippen LogP contribution in [0.25, 0.3) is 0 Å². The van der Waals surface area contributed by atoms with E-state index < -0.39 is 48.3 Å². The molecule has 1 aromatic carbocycles. The SMILES string of the molecule is C[C@H](NC(=O)CN1C2COCC1C2)C(=O)N[C@H](C(=O)N[C@@H](CC1=CCCC1)C(=O)[C@@]1(C)CO1)[C@H](O)c1ccc(OC(F)F)cc1. The molecule has 4 aliphatic rings. The van der Waals surface area contributed by atoms with Crippen LogP contribution < -0.4 is 20.7 Å². The van der Waals surface area contributed by atoms with Crippen molar-refractivity contribution in [2.45, 2.75) is 94.5 Å². The molecule has 0 aromatic heterocycles. The molecule has 0 radical (unpaired) electrons. The number of Topliss-reactive ketones (excluding diaryl/α,β-unsaturated/α-hetero) is 1. The summed E-state index contributed by atoms with van der Waals surface area (Å²) in [5.74, 6) is -2.44. The number of alkyl halides is 2. The largest absolute Gasteiger partial charge is 0.435 e. The Labute approximate surface area is 259 Å². The Morgan fingerprint density at radius 3 is 2.36 bits per heavy atom. The second-order valence-corrected chi connectivity index (χ2v) is 12.3. The van der Waals surface area contributed by atoms with Gasteiger partial charge in [-0.25, -0.2) is 0 Å². The Morgan fingerprint density at radius 1 is 1.09 bits per heavy atom. The topological polar surface area (TPSA) is 159 Å². The van der Waals surface area contributed by atoms with E-state index >= 15 is 0 Å². The molecular formula is C31H40F2N4O8. The zero-order valence-corrected chi connectivity index (χ0v) is 25.3. The average Bonchev–Trinajstić information content (AvgIpc) is 3.55. The number of allylic oxidation sites excluding steroid dienone is 1. The molecule has 2 unspecified atom stereocenters. The zero-order valence-electron chi connectivity index (χ0n) is 25.3. The summed E-state index contributed by atoms with van der Waals surface area (Å²) >= 11 is 0. The minimum absolute atomic E-state index is 0.0936. The first kappa shape index (κ1) is 32.9. The number of nitrogens with one attached hydrogen (secondary N) is 3. The summed E-state index contributed by atoms with van der Waals surface area (Å²) < 4.78 is 40.4. The molecule has 3 amide bonds. The fraction of sp³-hybridized carbons (Fsp3) is 0.613. The first-order valence-electron chi connectivity index (χ1n) is 15.3. The summed E-state index contributed by atoms with van der Waals surface area (Å²) in [5, 5.41) is 19.2. The third-order valence-electron chi connectivity index (χ3n) is 8.88. The van der Waals surface area contributed by atoms with Gasteiger partial charge in [0.1, 0.15) is 29.5 Å². The van der Waals surface area contributed by atoms with Gasteiger partial charge in [-0.1, -0.05) is 23.8 Å². The predicted octanol–water partition coefficient (Wildman–Crippen LogP) is 1.13. The lowest BCUT2D eigenvalue weighted by Crippen LogP contribution is -2.66. The lowest BCUT2D eigenvalue weighted by atomic mass is 9.91. The average molecular weight is 635 g/mol. The van der Waals surface area contributed by atoms with Crippen LogP contribution in [0.2, 0.25) is 0 Å². The maximum atomic E-state index is 13.8. The van der Waals surface area contributed by atoms with Crippen molar-refractivity contribution < 1.29 is 47.3 Å². The van der Waals surface area contributed by atoms with Gasteiger partial charge in [-0.15, -0.1) is 0 Å². The molecule has 1 aromatic rings. The van der Waals surface area contributed by atoms with E-state index in [0.29, 0.717) is 13.2 Å². The molecule has 45 heavy (non-hydrogen) atoms. The number of amides is 3. The molecule has 3 fully saturated rings. The summed E-state index contributed by atoms with van der Waals surface area (Å²) in [6, 6.07) is 1.66. The minimum Gasteiger partial charge on any atom is -0.435 e. The van der Waals surface area contributed by atoms with E-state index in [-0.39, 0.29) is 54.7 Å². The third kappa shape index (κ3) is 8.04. The molecule has 3 saturated heterocycles. The first-order chi connectivity index (χ1) is 21.4. The number of epoxide rings is 1. The van der Waals surface area contributed by atoms with E-state index in [1.54, 1.807) is 6.92 Å². The van der Waals surface area contributed by atoms with Crippen molar-refractivity contribution in [3.8, 4) is 5.75 Å². The van der Waals surface area contributed by atoms with Crippen molar-refractivity contribution in [2.75, 3.05) is 26.4 Å². The van der Waals surface area contributed by atoms with Gasteiger partial charge in [0.25, 0.3) is 0 Å². The normalized spacial score (nSPS) is 26.5. The third-order valence-corrected chi connectivity index (χ3v) is 8.88. The highest BCUT2D eigenvalue weighted by molar-refractivity contribution is 5.98. The number of carbonyl (C=O) groups excluding carboxylic acids is 4. The fourth-order valence-corrected chi connectivity index (χ4v) is 6.07. The molecule has 2 bridgehead atoms. The number of ether oxygens (including phenoxy) is 3. The zero-order chi connectivity index (χ0) is 32.3. The summed E-state index contributed by atoms with van der Waals surface area (Å²) in [7, 11) is 0. The van der Waals surface area contributed by atoms with Gasteiger partial charge in [-0.05, 0) is 63.6 Å². The summed E-state index contributed by atoms with van der Waals surface area (Å²) in [6.07, 6.45) is 4.21. The van der Waals surface area contributed by atoms with Crippen molar-refractivity contribution in [3.05, 3.63) is 41.5 Å². The Hall–Kier alpha value is -3.46. The van der Waals surface area contributed by atoms with Gasteiger partial charge in [-0.2, -0.15) is 8.78 Å². The Balaban J connectivity index is 1.29. The number of aliphatic hydroxyl groups is 1. The highest BCUT2D eigenvalue weighted by Gasteiger charge is 2.50. The Kier molecular flexibility index (Phi) is 10.2. The molecule has 7 atom stereocenters. The van der Waals surface area contributed by atoms with Crippen LogP contribution >= 0.6 is 0 Å². The van der Waals surface area contributed by atoms with Crippen LogP contribution in [0.5, 0.6) is 5.75 Å². The Morgan fingerprint density at radius 2 is 1.78 bits per heavy atom. The molecule has 0 spiro atoms. The number of ketones is 1. The number of hydrogen-bond acceptors (Lipinski definition) is 9. The number of halogens is 2. The lowest BCUT2D eigenvalue weighted by Gasteiger charge is -2.52. The number of rotatable bonds is 15. The molecule has 4 N–H and O–H groups in total. The highest BCUT2D eigenvalue weighted by Crippen LogP contribution is 2.32. The van der Waals surface area contributed by atoms with Crippen LogP contribution in [0, 0.1) is 0 Å².